The van der Waals surface area contributed by atoms with Crippen LogP contribution in [0.2, 0.25) is 0 Å². The third kappa shape index (κ3) is 3.84. The number of pyridine rings is 1. The van der Waals surface area contributed by atoms with Crippen molar-refractivity contribution in [2.24, 2.45) is 0 Å². The van der Waals surface area contributed by atoms with E-state index in [9.17, 15) is 4.79 Å². The zero-order chi connectivity index (χ0) is 16.9. The number of aromatic nitrogens is 5. The van der Waals surface area contributed by atoms with Crippen molar-refractivity contribution >= 4 is 17.4 Å². The third-order valence-electron chi connectivity index (χ3n) is 3.79. The summed E-state index contributed by atoms with van der Waals surface area (Å²) in [6.45, 7) is 5.07. The number of hydrogen-bond donors (Lipinski definition) is 0. The molecule has 0 spiro atoms. The molecule has 3 heterocycles. The maximum absolute atomic E-state index is 12.2. The highest BCUT2D eigenvalue weighted by Gasteiger charge is 2.08. The minimum absolute atomic E-state index is 0.0521. The highest BCUT2D eigenvalue weighted by atomic mass is 32.2. The topological polar surface area (TPSA) is 65.1 Å². The lowest BCUT2D eigenvalue weighted by Gasteiger charge is -2.06. The molecule has 7 heteroatoms. The molecule has 0 bridgehead atoms. The van der Waals surface area contributed by atoms with Crippen LogP contribution < -0.4 is 5.56 Å². The van der Waals surface area contributed by atoms with Crippen molar-refractivity contribution in [3.63, 3.8) is 0 Å². The minimum atomic E-state index is -0.0521. The molecular formula is C17H21N5OS. The van der Waals surface area contributed by atoms with Crippen molar-refractivity contribution in [2.75, 3.05) is 0 Å². The van der Waals surface area contributed by atoms with Gasteiger partial charge in [0, 0.05) is 24.6 Å². The van der Waals surface area contributed by atoms with E-state index in [4.69, 9.17) is 0 Å². The highest BCUT2D eigenvalue weighted by molar-refractivity contribution is 7.98. The lowest BCUT2D eigenvalue weighted by molar-refractivity contribution is 0.566. The van der Waals surface area contributed by atoms with E-state index in [0.717, 1.165) is 29.4 Å². The van der Waals surface area contributed by atoms with Crippen LogP contribution in [0, 0.1) is 6.92 Å². The van der Waals surface area contributed by atoms with Crippen LogP contribution in [0.4, 0.5) is 0 Å². The Balaban J connectivity index is 1.73. The van der Waals surface area contributed by atoms with Crippen molar-refractivity contribution in [1.29, 1.82) is 0 Å². The Kier molecular flexibility index (Phi) is 5.30. The van der Waals surface area contributed by atoms with Crippen molar-refractivity contribution in [3.8, 4) is 0 Å². The van der Waals surface area contributed by atoms with Crippen molar-refractivity contribution in [1.82, 2.24) is 24.1 Å². The maximum Gasteiger partial charge on any atom is 0.258 e. The van der Waals surface area contributed by atoms with Crippen LogP contribution in [-0.2, 0) is 12.3 Å². The predicted molar refractivity (Wildman–Crippen MR) is 95.3 cm³/mol. The zero-order valence-corrected chi connectivity index (χ0v) is 14.8. The Morgan fingerprint density at radius 1 is 1.25 bits per heavy atom. The van der Waals surface area contributed by atoms with E-state index in [1.165, 1.54) is 12.8 Å². The smallest absolute Gasteiger partial charge is 0.258 e. The second-order valence-corrected chi connectivity index (χ2v) is 6.77. The van der Waals surface area contributed by atoms with Gasteiger partial charge in [0.05, 0.1) is 5.69 Å². The van der Waals surface area contributed by atoms with Gasteiger partial charge in [-0.1, -0.05) is 37.6 Å². The molecule has 0 fully saturated rings. The summed E-state index contributed by atoms with van der Waals surface area (Å²) in [6, 6.07) is 5.43. The maximum atomic E-state index is 12.2. The molecule has 0 amide bonds. The van der Waals surface area contributed by atoms with E-state index in [2.05, 4.69) is 26.7 Å². The summed E-state index contributed by atoms with van der Waals surface area (Å²) >= 11 is 1.56. The van der Waals surface area contributed by atoms with Crippen LogP contribution in [0.5, 0.6) is 0 Å². The molecule has 0 N–H and O–H groups in total. The molecule has 0 unspecified atom stereocenters. The summed E-state index contributed by atoms with van der Waals surface area (Å²) in [4.78, 5) is 16.8. The highest BCUT2D eigenvalue weighted by Crippen LogP contribution is 2.20. The Morgan fingerprint density at radius 3 is 2.96 bits per heavy atom. The van der Waals surface area contributed by atoms with E-state index < -0.39 is 0 Å². The first kappa shape index (κ1) is 16.7. The van der Waals surface area contributed by atoms with E-state index in [1.807, 2.05) is 25.3 Å². The van der Waals surface area contributed by atoms with Crippen LogP contribution in [0.1, 0.15) is 37.4 Å². The number of nitrogens with zero attached hydrogens (tertiary/aromatic N) is 5. The SMILES string of the molecule is CCCCCn1cnnc1SCc1cc(=O)n2cc(C)ccc2n1. The van der Waals surface area contributed by atoms with Gasteiger partial charge in [0.25, 0.3) is 5.56 Å². The van der Waals surface area contributed by atoms with Gasteiger partial charge in [0.1, 0.15) is 12.0 Å². The zero-order valence-electron chi connectivity index (χ0n) is 14.0. The first-order valence-corrected chi connectivity index (χ1v) is 9.15. The molecule has 126 valence electrons. The van der Waals surface area contributed by atoms with E-state index in [1.54, 1.807) is 28.6 Å². The predicted octanol–water partition coefficient (Wildman–Crippen LogP) is 3.08. The number of thioether (sulfide) groups is 1. The summed E-state index contributed by atoms with van der Waals surface area (Å²) in [5, 5.41) is 9.04. The first-order valence-electron chi connectivity index (χ1n) is 8.17. The standard InChI is InChI=1S/C17H21N5OS/c1-3-4-5-8-21-12-18-20-17(21)24-11-14-9-16(23)22-10-13(2)6-7-15(22)19-14/h6-7,9-10,12H,3-5,8,11H2,1-2H3. The molecule has 0 aliphatic heterocycles. The van der Waals surface area contributed by atoms with Gasteiger partial charge in [-0.2, -0.15) is 0 Å². The van der Waals surface area contributed by atoms with Crippen LogP contribution in [0.25, 0.3) is 5.65 Å². The number of fused-ring (bicyclic) bond motifs is 1. The number of hydrogen-bond acceptors (Lipinski definition) is 5. The monoisotopic (exact) mass is 343 g/mol. The van der Waals surface area contributed by atoms with Crippen LogP contribution in [-0.4, -0.2) is 24.1 Å². The second kappa shape index (κ2) is 7.61. The van der Waals surface area contributed by atoms with Crippen molar-refractivity contribution in [3.05, 3.63) is 52.3 Å². The Bertz CT molecular complexity index is 886. The average Bonchev–Trinajstić information content (AvgIpc) is 3.01. The Morgan fingerprint density at radius 2 is 2.12 bits per heavy atom. The van der Waals surface area contributed by atoms with E-state index >= 15 is 0 Å². The number of rotatable bonds is 7. The van der Waals surface area contributed by atoms with Gasteiger partial charge >= 0.3 is 0 Å². The lowest BCUT2D eigenvalue weighted by Crippen LogP contribution is -2.15. The summed E-state index contributed by atoms with van der Waals surface area (Å²) < 4.78 is 3.65. The molecule has 0 aromatic carbocycles. The minimum Gasteiger partial charge on any atom is -0.309 e. The fourth-order valence-corrected chi connectivity index (χ4v) is 3.35. The first-order chi connectivity index (χ1) is 11.7. The molecule has 0 aliphatic carbocycles. The quantitative estimate of drug-likeness (QED) is 0.487. The fourth-order valence-electron chi connectivity index (χ4n) is 2.51. The Hall–Kier alpha value is -2.15. The van der Waals surface area contributed by atoms with Crippen LogP contribution in [0.15, 0.2) is 40.7 Å². The third-order valence-corrected chi connectivity index (χ3v) is 4.81. The summed E-state index contributed by atoms with van der Waals surface area (Å²) in [5.74, 6) is 0.603. The fraction of sp³-hybridized carbons (Fsp3) is 0.412. The van der Waals surface area contributed by atoms with Crippen molar-refractivity contribution < 1.29 is 0 Å². The van der Waals surface area contributed by atoms with Crippen LogP contribution in [0.3, 0.4) is 0 Å². The second-order valence-electron chi connectivity index (χ2n) is 5.82. The van der Waals surface area contributed by atoms with Gasteiger partial charge in [-0.05, 0) is 25.0 Å². The normalized spacial score (nSPS) is 11.2. The molecular weight excluding hydrogens is 322 g/mol. The largest absolute Gasteiger partial charge is 0.309 e. The molecule has 0 radical (unpaired) electrons. The van der Waals surface area contributed by atoms with Gasteiger partial charge < -0.3 is 4.57 Å². The summed E-state index contributed by atoms with van der Waals surface area (Å²) in [5.41, 5.74) is 2.42. The number of aryl methyl sites for hydroxylation is 2. The van der Waals surface area contributed by atoms with Crippen molar-refractivity contribution in [2.45, 2.75) is 50.6 Å². The van der Waals surface area contributed by atoms with Gasteiger partial charge in [0.15, 0.2) is 5.16 Å². The number of unbranched alkanes of at least 4 members (excludes halogenated alkanes) is 2. The summed E-state index contributed by atoms with van der Waals surface area (Å²) in [6.07, 6.45) is 7.09. The van der Waals surface area contributed by atoms with Crippen LogP contribution >= 0.6 is 11.8 Å². The lowest BCUT2D eigenvalue weighted by atomic mass is 10.2. The summed E-state index contributed by atoms with van der Waals surface area (Å²) in [7, 11) is 0. The van der Waals surface area contributed by atoms with Gasteiger partial charge in [0.2, 0.25) is 0 Å². The van der Waals surface area contributed by atoms with Gasteiger partial charge in [-0.25, -0.2) is 4.98 Å². The molecule has 6 nitrogen and oxygen atoms in total. The van der Waals surface area contributed by atoms with E-state index in [0.29, 0.717) is 11.4 Å². The van der Waals surface area contributed by atoms with Gasteiger partial charge in [-0.3, -0.25) is 9.20 Å². The Labute approximate surface area is 145 Å². The molecule has 0 aliphatic rings. The molecule has 24 heavy (non-hydrogen) atoms. The molecule has 0 saturated heterocycles. The average molecular weight is 343 g/mol. The van der Waals surface area contributed by atoms with Gasteiger partial charge in [-0.15, -0.1) is 10.2 Å². The molecule has 0 saturated carbocycles. The van der Waals surface area contributed by atoms with E-state index in [-0.39, 0.29) is 5.56 Å². The molecule has 3 aromatic rings. The molecule has 3 rings (SSSR count). The molecule has 0 atom stereocenters. The molecule has 3 aromatic heterocycles.